The van der Waals surface area contributed by atoms with Crippen LogP contribution in [0.15, 0.2) is 24.5 Å². The molecule has 1 atom stereocenters. The van der Waals surface area contributed by atoms with Gasteiger partial charge in [-0.05, 0) is 0 Å². The topological polar surface area (TPSA) is 44.3 Å². The molecule has 0 amide bonds. The fraction of sp³-hybridized carbons (Fsp3) is 0.471. The summed E-state index contributed by atoms with van der Waals surface area (Å²) in [6, 6.07) is 4.12. The molecule has 23 heavy (non-hydrogen) atoms. The quantitative estimate of drug-likeness (QED) is 0.565. The second-order valence-electron chi connectivity index (χ2n) is 6.96. The fourth-order valence-corrected chi connectivity index (χ4v) is 5.67. The van der Waals surface area contributed by atoms with Crippen molar-refractivity contribution in [3.05, 3.63) is 35.9 Å². The number of rotatable bonds is 3. The zero-order chi connectivity index (χ0) is 16.4. The van der Waals surface area contributed by atoms with Crippen LogP contribution in [0.4, 0.5) is 5.82 Å². The number of hydrogen-bond acceptors (Lipinski definition) is 3. The third kappa shape index (κ3) is 3.59. The normalized spacial score (nSPS) is 18.6. The van der Waals surface area contributed by atoms with E-state index in [1.165, 1.54) is 6.42 Å². The Hall–Kier alpha value is -1.39. The van der Waals surface area contributed by atoms with Crippen LogP contribution in [0.3, 0.4) is 0 Å². The van der Waals surface area contributed by atoms with Crippen molar-refractivity contribution in [2.24, 2.45) is 0 Å². The third-order valence-electron chi connectivity index (χ3n) is 4.11. The number of aromatic nitrogens is 3. The van der Waals surface area contributed by atoms with E-state index in [0.717, 1.165) is 34.3 Å². The summed E-state index contributed by atoms with van der Waals surface area (Å²) in [7, 11) is 0. The number of pyridine rings is 1. The van der Waals surface area contributed by atoms with Gasteiger partial charge in [0.2, 0.25) is 0 Å². The number of hydrogen-bond donors (Lipinski definition) is 0. The summed E-state index contributed by atoms with van der Waals surface area (Å²) in [5.41, 5.74) is 1.80. The Kier molecular flexibility index (Phi) is 4.74. The molecule has 120 valence electrons. The fourth-order valence-electron chi connectivity index (χ4n) is 2.74. The maximum absolute atomic E-state index is 7.47. The summed E-state index contributed by atoms with van der Waals surface area (Å²) in [6.07, 6.45) is 7.09. The average molecular weight is 417 g/mol. The summed E-state index contributed by atoms with van der Waals surface area (Å²) in [4.78, 5) is 15.2. The SMILES string of the molecule is [C-]#[N+]c1n[c]([Sn]([CH3])([CH3])[CH3])ccc1-c1cnn(C2CCCCO2)c1. The van der Waals surface area contributed by atoms with Crippen molar-refractivity contribution in [2.75, 3.05) is 6.61 Å². The molecule has 0 saturated carbocycles. The molecule has 5 nitrogen and oxygen atoms in total. The first-order valence-electron chi connectivity index (χ1n) is 8.04. The predicted octanol–water partition coefficient (Wildman–Crippen LogP) is 3.74. The van der Waals surface area contributed by atoms with Crippen LogP contribution < -0.4 is 3.71 Å². The Morgan fingerprint density at radius 1 is 1.30 bits per heavy atom. The van der Waals surface area contributed by atoms with Gasteiger partial charge in [0.05, 0.1) is 0 Å². The van der Waals surface area contributed by atoms with Gasteiger partial charge in [-0.3, -0.25) is 0 Å². The molecule has 0 N–H and O–H groups in total. The van der Waals surface area contributed by atoms with Crippen LogP contribution in [0.5, 0.6) is 0 Å². The Morgan fingerprint density at radius 3 is 2.78 bits per heavy atom. The van der Waals surface area contributed by atoms with Gasteiger partial charge < -0.3 is 0 Å². The molecule has 3 rings (SSSR count). The van der Waals surface area contributed by atoms with Crippen molar-refractivity contribution in [3.63, 3.8) is 0 Å². The Labute approximate surface area is 141 Å². The molecule has 3 heterocycles. The van der Waals surface area contributed by atoms with Gasteiger partial charge in [0.1, 0.15) is 0 Å². The standard InChI is InChI=1S/C14H13N4O.3CH3.Sn/c1-15-14-12(5-4-7-16-14)11-9-17-18(10-11)13-6-2-3-8-19-13;;;;/h4-5,9-10,13H,2-3,6,8H2;3*1H3;. The Bertz CT molecular complexity index is 736. The van der Waals surface area contributed by atoms with E-state index in [1.54, 1.807) is 0 Å². The minimum absolute atomic E-state index is 0.0203. The molecule has 1 unspecified atom stereocenters. The Morgan fingerprint density at radius 2 is 2.13 bits per heavy atom. The zero-order valence-corrected chi connectivity index (χ0v) is 16.8. The van der Waals surface area contributed by atoms with Crippen molar-refractivity contribution in [2.45, 2.75) is 40.3 Å². The van der Waals surface area contributed by atoms with Gasteiger partial charge in [0, 0.05) is 0 Å². The second kappa shape index (κ2) is 6.62. The summed E-state index contributed by atoms with van der Waals surface area (Å²) in [5.74, 6) is 0.484. The van der Waals surface area contributed by atoms with Gasteiger partial charge in [0.15, 0.2) is 0 Å². The van der Waals surface area contributed by atoms with Crippen molar-refractivity contribution >= 4 is 27.9 Å². The Balaban J connectivity index is 1.93. The van der Waals surface area contributed by atoms with Crippen LogP contribution in [0.2, 0.25) is 14.8 Å². The van der Waals surface area contributed by atoms with Gasteiger partial charge in [-0.15, -0.1) is 0 Å². The van der Waals surface area contributed by atoms with E-state index in [9.17, 15) is 0 Å². The number of ether oxygens (including phenoxy) is 1. The minimum atomic E-state index is -2.26. The molecule has 2 aromatic rings. The van der Waals surface area contributed by atoms with E-state index in [2.05, 4.69) is 35.8 Å². The van der Waals surface area contributed by atoms with Crippen LogP contribution in [0.25, 0.3) is 16.0 Å². The maximum atomic E-state index is 7.47. The summed E-state index contributed by atoms with van der Waals surface area (Å²) < 4.78 is 8.78. The molecule has 0 bridgehead atoms. The van der Waals surface area contributed by atoms with Crippen molar-refractivity contribution < 1.29 is 4.74 Å². The van der Waals surface area contributed by atoms with Crippen molar-refractivity contribution in [1.82, 2.24) is 14.8 Å². The van der Waals surface area contributed by atoms with E-state index < -0.39 is 18.4 Å². The van der Waals surface area contributed by atoms with E-state index >= 15 is 0 Å². The van der Waals surface area contributed by atoms with Gasteiger partial charge in [-0.1, -0.05) is 0 Å². The number of nitrogens with zero attached hydrogens (tertiary/aromatic N) is 4. The molecule has 1 aliphatic rings. The van der Waals surface area contributed by atoms with Gasteiger partial charge in [0.25, 0.3) is 0 Å². The zero-order valence-electron chi connectivity index (χ0n) is 13.9. The van der Waals surface area contributed by atoms with Crippen LogP contribution in [-0.4, -0.2) is 39.7 Å². The first-order chi connectivity index (χ1) is 11.0. The van der Waals surface area contributed by atoms with Crippen LogP contribution in [0.1, 0.15) is 25.5 Å². The molecule has 0 aromatic carbocycles. The van der Waals surface area contributed by atoms with Crippen LogP contribution >= 0.6 is 0 Å². The molecule has 1 aliphatic heterocycles. The molecule has 0 radical (unpaired) electrons. The molecule has 2 aromatic heterocycles. The first kappa shape index (κ1) is 16.5. The van der Waals surface area contributed by atoms with Crippen LogP contribution in [0, 0.1) is 6.57 Å². The van der Waals surface area contributed by atoms with Crippen molar-refractivity contribution in [3.8, 4) is 11.1 Å². The monoisotopic (exact) mass is 418 g/mol. The second-order valence-corrected chi connectivity index (χ2v) is 21.3. The molecule has 0 aliphatic carbocycles. The van der Waals surface area contributed by atoms with E-state index in [-0.39, 0.29) is 6.23 Å². The first-order valence-corrected chi connectivity index (χ1v) is 18.0. The van der Waals surface area contributed by atoms with E-state index in [4.69, 9.17) is 11.3 Å². The molecule has 0 spiro atoms. The van der Waals surface area contributed by atoms with Crippen molar-refractivity contribution in [1.29, 1.82) is 0 Å². The predicted molar refractivity (Wildman–Crippen MR) is 93.5 cm³/mol. The molecule has 1 fully saturated rings. The van der Waals surface area contributed by atoms with Gasteiger partial charge in [-0.2, -0.15) is 0 Å². The third-order valence-corrected chi connectivity index (χ3v) is 9.29. The van der Waals surface area contributed by atoms with E-state index in [1.807, 2.05) is 23.1 Å². The summed E-state index contributed by atoms with van der Waals surface area (Å²) in [5, 5.41) is 4.44. The van der Waals surface area contributed by atoms with Gasteiger partial charge in [-0.25, -0.2) is 0 Å². The molecule has 6 heteroatoms. The summed E-state index contributed by atoms with van der Waals surface area (Å²) >= 11 is -2.26. The molecular weight excluding hydrogens is 395 g/mol. The molecule has 1 saturated heterocycles. The van der Waals surface area contributed by atoms with E-state index in [0.29, 0.717) is 5.82 Å². The average Bonchev–Trinajstić information content (AvgIpc) is 3.04. The van der Waals surface area contributed by atoms with Crippen LogP contribution in [-0.2, 0) is 4.74 Å². The van der Waals surface area contributed by atoms with Gasteiger partial charge >= 0.3 is 141 Å². The summed E-state index contributed by atoms with van der Waals surface area (Å²) in [6.45, 7) is 8.27. The molecular formula is C17H22N4OSn.